The van der Waals surface area contributed by atoms with Gasteiger partial charge in [0, 0.05) is 11.9 Å². The molecular formula is C16H14F3N3S. The van der Waals surface area contributed by atoms with Crippen LogP contribution in [0.2, 0.25) is 0 Å². The second-order valence-electron chi connectivity index (χ2n) is 5.41. The van der Waals surface area contributed by atoms with Crippen molar-refractivity contribution < 1.29 is 13.2 Å². The minimum absolute atomic E-state index is 0.404. The van der Waals surface area contributed by atoms with Gasteiger partial charge < -0.3 is 0 Å². The summed E-state index contributed by atoms with van der Waals surface area (Å²) in [5.74, 6) is 0.625. The van der Waals surface area contributed by atoms with Gasteiger partial charge in [0.15, 0.2) is 10.8 Å². The van der Waals surface area contributed by atoms with Crippen molar-refractivity contribution in [2.45, 2.75) is 30.9 Å². The van der Waals surface area contributed by atoms with Crippen LogP contribution in [0.4, 0.5) is 13.2 Å². The number of benzene rings is 1. The van der Waals surface area contributed by atoms with Gasteiger partial charge in [-0.15, -0.1) is 10.2 Å². The molecule has 0 N–H and O–H groups in total. The van der Waals surface area contributed by atoms with Crippen LogP contribution in [-0.2, 0) is 11.9 Å². The zero-order valence-corrected chi connectivity index (χ0v) is 13.4. The molecule has 3 rings (SSSR count). The lowest BCUT2D eigenvalue weighted by atomic mass is 10.1. The van der Waals surface area contributed by atoms with Crippen LogP contribution < -0.4 is 0 Å². The molecule has 0 spiro atoms. The molecule has 7 heteroatoms. The minimum Gasteiger partial charge on any atom is -0.277 e. The molecule has 0 aliphatic carbocycles. The molecule has 120 valence electrons. The molecule has 0 saturated carbocycles. The number of rotatable bonds is 3. The van der Waals surface area contributed by atoms with Crippen LogP contribution in [0.3, 0.4) is 0 Å². The van der Waals surface area contributed by atoms with E-state index in [9.17, 15) is 13.2 Å². The first-order valence-electron chi connectivity index (χ1n) is 6.95. The molecule has 2 heterocycles. The Morgan fingerprint density at radius 3 is 2.39 bits per heavy atom. The van der Waals surface area contributed by atoms with E-state index >= 15 is 0 Å². The summed E-state index contributed by atoms with van der Waals surface area (Å²) >= 11 is 1.37. The standard InChI is InChI=1S/C16H14F3N3S/c1-10-5-11(2)7-12(6-10)9-23-15-21-20-14-4-3-13(8-22(14)15)16(17,18)19/h3-8H,9H2,1-2H3. The highest BCUT2D eigenvalue weighted by atomic mass is 32.2. The van der Waals surface area contributed by atoms with Crippen molar-refractivity contribution in [1.29, 1.82) is 0 Å². The first-order chi connectivity index (χ1) is 10.8. The topological polar surface area (TPSA) is 30.2 Å². The van der Waals surface area contributed by atoms with Crippen molar-refractivity contribution in [1.82, 2.24) is 14.6 Å². The number of nitrogens with zero attached hydrogens (tertiary/aromatic N) is 3. The summed E-state index contributed by atoms with van der Waals surface area (Å²) in [6.07, 6.45) is -3.34. The summed E-state index contributed by atoms with van der Waals surface area (Å²) in [5.41, 5.74) is 3.12. The van der Waals surface area contributed by atoms with E-state index in [1.165, 1.54) is 22.2 Å². The SMILES string of the molecule is Cc1cc(C)cc(CSc2nnc3ccc(C(F)(F)F)cn23)c1. The Bertz CT molecular complexity index is 835. The molecule has 1 aromatic carbocycles. The maximum absolute atomic E-state index is 12.8. The number of halogens is 3. The van der Waals surface area contributed by atoms with E-state index in [0.717, 1.165) is 29.0 Å². The molecule has 0 aliphatic heterocycles. The highest BCUT2D eigenvalue weighted by Crippen LogP contribution is 2.30. The highest BCUT2D eigenvalue weighted by Gasteiger charge is 2.31. The third-order valence-electron chi connectivity index (χ3n) is 3.35. The summed E-state index contributed by atoms with van der Waals surface area (Å²) in [7, 11) is 0. The Hall–Kier alpha value is -2.02. The van der Waals surface area contributed by atoms with Crippen molar-refractivity contribution in [3.8, 4) is 0 Å². The zero-order valence-electron chi connectivity index (χ0n) is 12.6. The highest BCUT2D eigenvalue weighted by molar-refractivity contribution is 7.98. The van der Waals surface area contributed by atoms with Gasteiger partial charge in [-0.2, -0.15) is 13.2 Å². The summed E-state index contributed by atoms with van der Waals surface area (Å²) in [6, 6.07) is 8.55. The fourth-order valence-electron chi connectivity index (χ4n) is 2.44. The molecule has 0 saturated heterocycles. The average Bonchev–Trinajstić information content (AvgIpc) is 2.85. The third kappa shape index (κ3) is 3.50. The van der Waals surface area contributed by atoms with Gasteiger partial charge in [-0.3, -0.25) is 4.40 Å². The number of aryl methyl sites for hydroxylation is 2. The van der Waals surface area contributed by atoms with Crippen LogP contribution in [0, 0.1) is 13.8 Å². The van der Waals surface area contributed by atoms with E-state index in [-0.39, 0.29) is 0 Å². The number of hydrogen-bond donors (Lipinski definition) is 0. The number of thioether (sulfide) groups is 1. The Morgan fingerprint density at radius 2 is 1.74 bits per heavy atom. The van der Waals surface area contributed by atoms with Crippen molar-refractivity contribution in [3.63, 3.8) is 0 Å². The summed E-state index contributed by atoms with van der Waals surface area (Å²) in [5, 5.41) is 8.35. The van der Waals surface area contributed by atoms with Gasteiger partial charge in [-0.25, -0.2) is 0 Å². The quantitative estimate of drug-likeness (QED) is 0.651. The van der Waals surface area contributed by atoms with Gasteiger partial charge in [0.1, 0.15) is 0 Å². The van der Waals surface area contributed by atoms with Crippen molar-refractivity contribution >= 4 is 17.4 Å². The first-order valence-corrected chi connectivity index (χ1v) is 7.93. The fourth-order valence-corrected chi connectivity index (χ4v) is 3.28. The van der Waals surface area contributed by atoms with E-state index in [1.54, 1.807) is 0 Å². The summed E-state index contributed by atoms with van der Waals surface area (Å²) in [4.78, 5) is 0. The number of pyridine rings is 1. The number of hydrogen-bond acceptors (Lipinski definition) is 3. The minimum atomic E-state index is -4.38. The van der Waals surface area contributed by atoms with Gasteiger partial charge in [-0.05, 0) is 31.5 Å². The van der Waals surface area contributed by atoms with Crippen LogP contribution in [0.15, 0.2) is 41.7 Å². The van der Waals surface area contributed by atoms with Gasteiger partial charge >= 0.3 is 6.18 Å². The second-order valence-corrected chi connectivity index (χ2v) is 6.35. The lowest BCUT2D eigenvalue weighted by molar-refractivity contribution is -0.137. The predicted molar refractivity (Wildman–Crippen MR) is 83.5 cm³/mol. The van der Waals surface area contributed by atoms with E-state index < -0.39 is 11.7 Å². The lowest BCUT2D eigenvalue weighted by Crippen LogP contribution is -2.06. The average molecular weight is 337 g/mol. The second kappa shape index (κ2) is 5.88. The zero-order chi connectivity index (χ0) is 16.6. The predicted octanol–water partition coefficient (Wildman–Crippen LogP) is 4.66. The fraction of sp³-hybridized carbons (Fsp3) is 0.250. The molecule has 3 nitrogen and oxygen atoms in total. The maximum Gasteiger partial charge on any atom is 0.417 e. The molecule has 0 aliphatic rings. The number of fused-ring (bicyclic) bond motifs is 1. The molecule has 0 amide bonds. The smallest absolute Gasteiger partial charge is 0.277 e. The monoisotopic (exact) mass is 337 g/mol. The maximum atomic E-state index is 12.8. The van der Waals surface area contributed by atoms with Crippen LogP contribution in [-0.4, -0.2) is 14.6 Å². The molecule has 23 heavy (non-hydrogen) atoms. The van der Waals surface area contributed by atoms with Crippen molar-refractivity contribution in [2.75, 3.05) is 0 Å². The van der Waals surface area contributed by atoms with Gasteiger partial charge in [0.2, 0.25) is 0 Å². The summed E-state index contributed by atoms with van der Waals surface area (Å²) < 4.78 is 39.9. The van der Waals surface area contributed by atoms with Crippen LogP contribution >= 0.6 is 11.8 Å². The van der Waals surface area contributed by atoms with Gasteiger partial charge in [0.05, 0.1) is 5.56 Å². The van der Waals surface area contributed by atoms with Crippen LogP contribution in [0.25, 0.3) is 5.65 Å². The van der Waals surface area contributed by atoms with Gasteiger partial charge in [0.25, 0.3) is 0 Å². The molecule has 2 aromatic heterocycles. The molecule has 0 radical (unpaired) electrons. The Labute approximate surface area is 135 Å². The van der Waals surface area contributed by atoms with Crippen molar-refractivity contribution in [3.05, 3.63) is 58.8 Å². The Balaban J connectivity index is 1.88. The first kappa shape index (κ1) is 15.9. The lowest BCUT2D eigenvalue weighted by Gasteiger charge is -2.07. The molecule has 0 bridgehead atoms. The Morgan fingerprint density at radius 1 is 1.04 bits per heavy atom. The molecule has 0 fully saturated rings. The number of aromatic nitrogens is 3. The molecule has 3 aromatic rings. The summed E-state index contributed by atoms with van der Waals surface area (Å²) in [6.45, 7) is 4.03. The van der Waals surface area contributed by atoms with Crippen molar-refractivity contribution in [2.24, 2.45) is 0 Å². The number of alkyl halides is 3. The normalized spacial score (nSPS) is 12.0. The van der Waals surface area contributed by atoms with E-state index in [1.807, 2.05) is 13.8 Å². The van der Waals surface area contributed by atoms with E-state index in [0.29, 0.717) is 16.6 Å². The molecule has 0 atom stereocenters. The van der Waals surface area contributed by atoms with E-state index in [4.69, 9.17) is 0 Å². The van der Waals surface area contributed by atoms with Crippen LogP contribution in [0.5, 0.6) is 0 Å². The van der Waals surface area contributed by atoms with Crippen LogP contribution in [0.1, 0.15) is 22.3 Å². The molecule has 0 unspecified atom stereocenters. The van der Waals surface area contributed by atoms with E-state index in [2.05, 4.69) is 28.4 Å². The Kier molecular flexibility index (Phi) is 4.06. The third-order valence-corrected chi connectivity index (χ3v) is 4.36. The largest absolute Gasteiger partial charge is 0.417 e. The van der Waals surface area contributed by atoms with Gasteiger partial charge in [-0.1, -0.05) is 41.1 Å². The molecular weight excluding hydrogens is 323 g/mol.